The van der Waals surface area contributed by atoms with Crippen molar-refractivity contribution in [1.82, 2.24) is 0 Å². The van der Waals surface area contributed by atoms with Gasteiger partial charge in [-0.3, -0.25) is 0 Å². The van der Waals surface area contributed by atoms with Gasteiger partial charge in [0, 0.05) is 0 Å². The smallest absolute Gasteiger partial charge is 0.211 e. The highest BCUT2D eigenvalue weighted by Crippen LogP contribution is 2.26. The Morgan fingerprint density at radius 1 is 1.09 bits per heavy atom. The van der Waals surface area contributed by atoms with Crippen LogP contribution in [0.25, 0.3) is 0 Å². The molecule has 70 valence electrons. The van der Waals surface area contributed by atoms with Gasteiger partial charge in [0.1, 0.15) is 0 Å². The normalized spacial score (nSPS) is 11.5. The quantitative estimate of drug-likeness (QED) is 0.431. The molecule has 0 heterocycles. The summed E-state index contributed by atoms with van der Waals surface area (Å²) in [7, 11) is 0. The van der Waals surface area contributed by atoms with E-state index in [0.29, 0.717) is 0 Å². The van der Waals surface area contributed by atoms with E-state index in [2.05, 4.69) is 23.2 Å². The van der Waals surface area contributed by atoms with Crippen molar-refractivity contribution >= 4 is 23.2 Å². The summed E-state index contributed by atoms with van der Waals surface area (Å²) in [5, 5.41) is 0. The average molecular weight is 219 g/mol. The summed E-state index contributed by atoms with van der Waals surface area (Å²) in [6, 6.07) is 0. The molecule has 0 N–H and O–H groups in total. The van der Waals surface area contributed by atoms with Crippen molar-refractivity contribution in [3.63, 3.8) is 0 Å². The molecule has 0 radical (unpaired) electrons. The minimum absolute atomic E-state index is 0.833. The van der Waals surface area contributed by atoms with Gasteiger partial charge in [0.25, 0.3) is 0 Å². The van der Waals surface area contributed by atoms with Gasteiger partial charge in [0.15, 0.2) is 0 Å². The Kier molecular flexibility index (Phi) is 7.31. The van der Waals surface area contributed by atoms with Gasteiger partial charge in [0.2, 0.25) is 11.3 Å². The lowest BCUT2D eigenvalue weighted by molar-refractivity contribution is -0.115. The van der Waals surface area contributed by atoms with E-state index >= 15 is 0 Å². The molecule has 0 fully saturated rings. The molecule has 0 aliphatic carbocycles. The third kappa shape index (κ3) is 17.9. The number of hydrogen-bond acceptors (Lipinski definition) is 0. The van der Waals surface area contributed by atoms with Crippen molar-refractivity contribution in [2.75, 3.05) is 0 Å². The molecule has 0 aliphatic rings. The zero-order chi connectivity index (χ0) is 9.65. The van der Waals surface area contributed by atoms with Crippen LogP contribution < -0.4 is 0 Å². The van der Waals surface area contributed by atoms with Crippen molar-refractivity contribution in [1.29, 1.82) is 0 Å². The highest BCUT2D eigenvalue weighted by molar-refractivity contribution is 6.44. The second-order valence-electron chi connectivity index (χ2n) is 1.36. The summed E-state index contributed by atoms with van der Waals surface area (Å²) in [6.45, 7) is 0.833. The lowest BCUT2D eigenvalue weighted by Gasteiger charge is -2.03. The molecule has 0 saturated carbocycles. The van der Waals surface area contributed by atoms with Crippen molar-refractivity contribution < 1.29 is 22.0 Å². The maximum atomic E-state index is 10.9. The van der Waals surface area contributed by atoms with Crippen LogP contribution in [0, 0.1) is 0 Å². The summed E-state index contributed by atoms with van der Waals surface area (Å²) in [4.78, 5) is -2.26. The van der Waals surface area contributed by atoms with Crippen molar-refractivity contribution in [2.45, 2.75) is 24.4 Å². The van der Waals surface area contributed by atoms with Gasteiger partial charge in [-0.1, -0.05) is 23.2 Å². The van der Waals surface area contributed by atoms with Gasteiger partial charge in [-0.25, -0.2) is 8.78 Å². The van der Waals surface area contributed by atoms with Crippen LogP contribution in [-0.2, 0) is 0 Å². The Balaban J connectivity index is 0. The maximum absolute atomic E-state index is 10.9. The molecule has 0 saturated heterocycles. The topological polar surface area (TPSA) is 0 Å². The minimum atomic E-state index is -4.47. The van der Waals surface area contributed by atoms with Gasteiger partial charge < -0.3 is 0 Å². The van der Waals surface area contributed by atoms with Crippen LogP contribution >= 0.6 is 23.2 Å². The third-order valence-electron chi connectivity index (χ3n) is 0.247. The molecule has 0 atom stereocenters. The highest BCUT2D eigenvalue weighted by Gasteiger charge is 2.36. The zero-order valence-corrected chi connectivity index (χ0v) is 6.81. The predicted octanol–water partition coefficient (Wildman–Crippen LogP) is 3.62. The van der Waals surface area contributed by atoms with E-state index in [1.165, 1.54) is 0 Å². The van der Waals surface area contributed by atoms with E-state index in [1.54, 1.807) is 0 Å². The first kappa shape index (κ1) is 13.8. The second kappa shape index (κ2) is 5.83. The Morgan fingerprint density at radius 2 is 1.18 bits per heavy atom. The van der Waals surface area contributed by atoms with Crippen LogP contribution in [0.3, 0.4) is 0 Å². The molecule has 0 aromatic heterocycles. The van der Waals surface area contributed by atoms with E-state index < -0.39 is 17.4 Å². The van der Waals surface area contributed by atoms with Crippen molar-refractivity contribution in [3.8, 4) is 0 Å². The Labute approximate surface area is 70.3 Å². The first-order valence-corrected chi connectivity index (χ1v) is 3.18. The Morgan fingerprint density at radius 3 is 1.18 bits per heavy atom. The van der Waals surface area contributed by atoms with E-state index in [1.807, 2.05) is 0 Å². The summed E-state index contributed by atoms with van der Waals surface area (Å²) >= 11 is 8.79. The van der Waals surface area contributed by atoms with Crippen LogP contribution in [0.2, 0.25) is 0 Å². The van der Waals surface area contributed by atoms with Crippen LogP contribution in [0.1, 0.15) is 6.92 Å². The number of halogens is 7. The molecule has 7 heteroatoms. The SMILES string of the molecule is CC(F)F.FC(F)(F)C(Cl)Cl. The van der Waals surface area contributed by atoms with Gasteiger partial charge >= 0.3 is 6.18 Å². The van der Waals surface area contributed by atoms with Gasteiger partial charge in [-0.2, -0.15) is 13.2 Å². The first-order chi connectivity index (χ1) is 4.68. The number of hydrogen-bond donors (Lipinski definition) is 0. The lowest BCUT2D eigenvalue weighted by Crippen LogP contribution is -2.16. The van der Waals surface area contributed by atoms with E-state index in [4.69, 9.17) is 0 Å². The molecule has 0 bridgehead atoms. The molecular formula is C4H5Cl2F5. The zero-order valence-electron chi connectivity index (χ0n) is 5.30. The monoisotopic (exact) mass is 218 g/mol. The largest absolute Gasteiger partial charge is 0.418 e. The molecule has 0 aromatic carbocycles. The first-order valence-electron chi connectivity index (χ1n) is 2.31. The molecule has 0 nitrogen and oxygen atoms in total. The van der Waals surface area contributed by atoms with Crippen LogP contribution in [0.5, 0.6) is 0 Å². The minimum Gasteiger partial charge on any atom is -0.211 e. The summed E-state index contributed by atoms with van der Waals surface area (Å²) in [6.07, 6.45) is -6.64. The second-order valence-corrected chi connectivity index (χ2v) is 2.46. The fraction of sp³-hybridized carbons (Fsp3) is 1.00. The number of rotatable bonds is 0. The fourth-order valence-corrected chi connectivity index (χ4v) is 0. The van der Waals surface area contributed by atoms with Gasteiger partial charge in [0.05, 0.1) is 0 Å². The fourth-order valence-electron chi connectivity index (χ4n) is 0. The van der Waals surface area contributed by atoms with Gasteiger partial charge in [-0.05, 0) is 6.92 Å². The maximum Gasteiger partial charge on any atom is 0.418 e. The molecule has 0 rings (SSSR count). The molecule has 0 aliphatic heterocycles. The average Bonchev–Trinajstić information content (AvgIpc) is 1.59. The number of alkyl halides is 7. The predicted molar refractivity (Wildman–Crippen MR) is 33.2 cm³/mol. The van der Waals surface area contributed by atoms with Crippen LogP contribution in [0.15, 0.2) is 0 Å². The summed E-state index contributed by atoms with van der Waals surface area (Å²) < 4.78 is 53.4. The Hall–Kier alpha value is 0.230. The van der Waals surface area contributed by atoms with Crippen LogP contribution in [-0.4, -0.2) is 17.4 Å². The van der Waals surface area contributed by atoms with Gasteiger partial charge in [-0.15, -0.1) is 0 Å². The molecule has 0 amide bonds. The van der Waals surface area contributed by atoms with E-state index in [9.17, 15) is 22.0 Å². The van der Waals surface area contributed by atoms with E-state index in [-0.39, 0.29) is 0 Å². The molecular weight excluding hydrogens is 214 g/mol. The third-order valence-corrected chi connectivity index (χ3v) is 0.742. The summed E-state index contributed by atoms with van der Waals surface area (Å²) in [5.41, 5.74) is 0. The molecule has 0 aromatic rings. The molecule has 0 unspecified atom stereocenters. The summed E-state index contributed by atoms with van der Waals surface area (Å²) in [5.74, 6) is 0. The standard InChI is InChI=1S/C2HCl2F3.C2H4F2/c3-1(4)2(5,6)7;1-2(3)4/h1H;2H,1H3. The lowest BCUT2D eigenvalue weighted by atomic mass is 10.8. The van der Waals surface area contributed by atoms with Crippen molar-refractivity contribution in [3.05, 3.63) is 0 Å². The molecule has 11 heavy (non-hydrogen) atoms. The highest BCUT2D eigenvalue weighted by atomic mass is 35.5. The van der Waals surface area contributed by atoms with Crippen LogP contribution in [0.4, 0.5) is 22.0 Å². The molecule has 0 spiro atoms. The van der Waals surface area contributed by atoms with E-state index in [0.717, 1.165) is 6.92 Å². The van der Waals surface area contributed by atoms with Crippen molar-refractivity contribution in [2.24, 2.45) is 0 Å². The Bertz CT molecular complexity index is 86.2.